The molecule has 2 aromatic carbocycles. The van der Waals surface area contributed by atoms with Crippen molar-refractivity contribution in [3.05, 3.63) is 108 Å². The maximum absolute atomic E-state index is 4.17. The van der Waals surface area contributed by atoms with Crippen LogP contribution < -0.4 is 0 Å². The quantitative estimate of drug-likeness (QED) is 0.651. The van der Waals surface area contributed by atoms with Crippen molar-refractivity contribution >= 4 is 6.08 Å². The zero-order valence-electron chi connectivity index (χ0n) is 12.7. The van der Waals surface area contributed by atoms with Gasteiger partial charge in [0.2, 0.25) is 0 Å². The highest BCUT2D eigenvalue weighted by atomic mass is 14.6. The van der Waals surface area contributed by atoms with E-state index in [4.69, 9.17) is 0 Å². The van der Waals surface area contributed by atoms with E-state index in [0.717, 1.165) is 5.56 Å². The minimum absolute atomic E-state index is 0.241. The maximum atomic E-state index is 4.17. The summed E-state index contributed by atoms with van der Waals surface area (Å²) < 4.78 is 0. The summed E-state index contributed by atoms with van der Waals surface area (Å²) >= 11 is 0. The molecule has 1 unspecified atom stereocenters. The molecule has 0 fully saturated rings. The van der Waals surface area contributed by atoms with Crippen molar-refractivity contribution in [3.8, 4) is 0 Å². The molecule has 0 radical (unpaired) electrons. The van der Waals surface area contributed by atoms with Crippen LogP contribution in [0.15, 0.2) is 85.7 Å². The predicted molar refractivity (Wildman–Crippen MR) is 92.8 cm³/mol. The first-order valence-corrected chi connectivity index (χ1v) is 7.45. The lowest BCUT2D eigenvalue weighted by molar-refractivity contribution is 0.689. The molecule has 1 atom stereocenters. The van der Waals surface area contributed by atoms with Crippen LogP contribution in [0.1, 0.15) is 29.2 Å². The van der Waals surface area contributed by atoms with Gasteiger partial charge in [0.25, 0.3) is 0 Å². The van der Waals surface area contributed by atoms with E-state index in [-0.39, 0.29) is 5.41 Å². The predicted octanol–water partition coefficient (Wildman–Crippen LogP) is 5.08. The minimum atomic E-state index is -0.241. The van der Waals surface area contributed by atoms with E-state index in [1.54, 1.807) is 0 Å². The van der Waals surface area contributed by atoms with Crippen molar-refractivity contribution < 1.29 is 0 Å². The monoisotopic (exact) mass is 285 g/mol. The van der Waals surface area contributed by atoms with Crippen molar-refractivity contribution in [1.29, 1.82) is 0 Å². The molecule has 108 valence electrons. The fourth-order valence-electron chi connectivity index (χ4n) is 3.06. The van der Waals surface area contributed by atoms with E-state index in [9.17, 15) is 0 Å². The molecule has 0 aliphatic rings. The van der Waals surface area contributed by atoms with E-state index >= 15 is 0 Å². The summed E-state index contributed by atoms with van der Waals surface area (Å²) in [5, 5.41) is 0. The second-order valence-electron chi connectivity index (χ2n) is 5.52. The van der Waals surface area contributed by atoms with Crippen LogP contribution in [0.2, 0.25) is 0 Å². The summed E-state index contributed by atoms with van der Waals surface area (Å²) in [5.74, 6) is 0. The number of nitrogens with zero attached hydrogens (tertiary/aromatic N) is 1. The topological polar surface area (TPSA) is 12.9 Å². The first-order valence-electron chi connectivity index (χ1n) is 7.45. The van der Waals surface area contributed by atoms with Crippen LogP contribution in [0.4, 0.5) is 0 Å². The fourth-order valence-corrected chi connectivity index (χ4v) is 3.06. The van der Waals surface area contributed by atoms with Crippen LogP contribution in [0.3, 0.4) is 0 Å². The Bertz CT molecular complexity index is 721. The number of pyridine rings is 1. The molecule has 0 saturated carbocycles. The van der Waals surface area contributed by atoms with Gasteiger partial charge in [0, 0.05) is 17.8 Å². The molecule has 1 heterocycles. The van der Waals surface area contributed by atoms with Crippen LogP contribution in [0, 0.1) is 0 Å². The summed E-state index contributed by atoms with van der Waals surface area (Å²) in [7, 11) is 0. The van der Waals surface area contributed by atoms with E-state index in [2.05, 4.69) is 85.2 Å². The van der Waals surface area contributed by atoms with E-state index < -0.39 is 0 Å². The molecule has 0 amide bonds. The second kappa shape index (κ2) is 5.98. The average molecular weight is 285 g/mol. The van der Waals surface area contributed by atoms with Crippen molar-refractivity contribution in [1.82, 2.24) is 4.98 Å². The Labute approximate surface area is 132 Å². The van der Waals surface area contributed by atoms with Crippen LogP contribution in [0.5, 0.6) is 0 Å². The van der Waals surface area contributed by atoms with Crippen LogP contribution in [0.25, 0.3) is 6.08 Å². The summed E-state index contributed by atoms with van der Waals surface area (Å²) in [5.41, 5.74) is 4.65. The highest BCUT2D eigenvalue weighted by Gasteiger charge is 2.32. The second-order valence-corrected chi connectivity index (χ2v) is 5.52. The maximum Gasteiger partial charge on any atom is 0.0430 e. The number of hydrogen-bond donors (Lipinski definition) is 0. The Morgan fingerprint density at radius 2 is 1.41 bits per heavy atom. The van der Waals surface area contributed by atoms with Crippen molar-refractivity contribution in [2.45, 2.75) is 12.3 Å². The number of benzene rings is 2. The molecule has 1 heteroatoms. The molecule has 0 spiro atoms. The van der Waals surface area contributed by atoms with E-state index in [0.29, 0.717) is 0 Å². The van der Waals surface area contributed by atoms with Gasteiger partial charge in [-0.1, -0.05) is 67.3 Å². The molecular formula is C21H19N. The Balaban J connectivity index is 2.31. The third kappa shape index (κ3) is 2.35. The van der Waals surface area contributed by atoms with Gasteiger partial charge in [-0.2, -0.15) is 0 Å². The number of hydrogen-bond acceptors (Lipinski definition) is 1. The molecular weight excluding hydrogens is 266 g/mol. The molecule has 22 heavy (non-hydrogen) atoms. The van der Waals surface area contributed by atoms with Crippen LogP contribution in [-0.2, 0) is 5.41 Å². The number of aromatic nitrogens is 1. The largest absolute Gasteiger partial charge is 0.265 e. The summed E-state index contributed by atoms with van der Waals surface area (Å²) in [6.07, 6.45) is 5.64. The summed E-state index contributed by atoms with van der Waals surface area (Å²) in [6, 6.07) is 23.2. The average Bonchev–Trinajstić information content (AvgIpc) is 2.62. The molecule has 0 aliphatic carbocycles. The van der Waals surface area contributed by atoms with Gasteiger partial charge in [-0.3, -0.25) is 4.98 Å². The normalized spacial score (nSPS) is 13.3. The van der Waals surface area contributed by atoms with E-state index in [1.165, 1.54) is 16.7 Å². The van der Waals surface area contributed by atoms with Gasteiger partial charge < -0.3 is 0 Å². The highest BCUT2D eigenvalue weighted by molar-refractivity contribution is 5.60. The van der Waals surface area contributed by atoms with Gasteiger partial charge in [-0.15, -0.1) is 0 Å². The minimum Gasteiger partial charge on any atom is -0.265 e. The lowest BCUT2D eigenvalue weighted by Crippen LogP contribution is -2.26. The Hall–Kier alpha value is -2.67. The van der Waals surface area contributed by atoms with Crippen molar-refractivity contribution in [3.63, 3.8) is 0 Å². The Kier molecular flexibility index (Phi) is 3.88. The first kappa shape index (κ1) is 14.3. The summed E-state index contributed by atoms with van der Waals surface area (Å²) in [6.45, 7) is 6.24. The Morgan fingerprint density at radius 3 is 2.09 bits per heavy atom. The molecule has 0 bridgehead atoms. The van der Waals surface area contributed by atoms with Gasteiger partial charge in [0.15, 0.2) is 0 Å². The molecule has 0 N–H and O–H groups in total. The third-order valence-corrected chi connectivity index (χ3v) is 4.33. The van der Waals surface area contributed by atoms with Gasteiger partial charge in [0.05, 0.1) is 0 Å². The van der Waals surface area contributed by atoms with Gasteiger partial charge in [-0.05, 0) is 41.3 Å². The SMILES string of the molecule is C=Cc1ccccc1C(C)(c1ccccc1)c1ccncc1. The smallest absolute Gasteiger partial charge is 0.0430 e. The lowest BCUT2D eigenvalue weighted by Gasteiger charge is -2.33. The molecule has 3 rings (SSSR count). The standard InChI is InChI=1S/C21H19N/c1-3-17-9-7-8-12-20(17)21(2,18-10-5-4-6-11-18)19-13-15-22-16-14-19/h3-16H,1H2,2H3. The van der Waals surface area contributed by atoms with Crippen molar-refractivity contribution in [2.24, 2.45) is 0 Å². The molecule has 3 aromatic rings. The molecule has 1 aromatic heterocycles. The van der Waals surface area contributed by atoms with Crippen LogP contribution in [-0.4, -0.2) is 4.98 Å². The third-order valence-electron chi connectivity index (χ3n) is 4.33. The fraction of sp³-hybridized carbons (Fsp3) is 0.0952. The summed E-state index contributed by atoms with van der Waals surface area (Å²) in [4.78, 5) is 4.17. The molecule has 1 nitrogen and oxygen atoms in total. The van der Waals surface area contributed by atoms with Gasteiger partial charge in [0.1, 0.15) is 0 Å². The van der Waals surface area contributed by atoms with Crippen molar-refractivity contribution in [2.75, 3.05) is 0 Å². The zero-order valence-corrected chi connectivity index (χ0v) is 12.7. The van der Waals surface area contributed by atoms with Crippen LogP contribution >= 0.6 is 0 Å². The highest BCUT2D eigenvalue weighted by Crippen LogP contribution is 2.40. The van der Waals surface area contributed by atoms with E-state index in [1.807, 2.05) is 18.5 Å². The van der Waals surface area contributed by atoms with Gasteiger partial charge >= 0.3 is 0 Å². The number of rotatable bonds is 4. The Morgan fingerprint density at radius 1 is 0.818 bits per heavy atom. The molecule has 0 aliphatic heterocycles. The van der Waals surface area contributed by atoms with Gasteiger partial charge in [-0.25, -0.2) is 0 Å². The molecule has 0 saturated heterocycles. The zero-order chi connectivity index (χ0) is 15.4. The first-order chi connectivity index (χ1) is 10.8. The lowest BCUT2D eigenvalue weighted by atomic mass is 9.70.